The number of para-hydroxylation sites is 1. The summed E-state index contributed by atoms with van der Waals surface area (Å²) in [6.07, 6.45) is 7.58. The number of anilines is 1. The second-order valence-electron chi connectivity index (χ2n) is 9.25. The van der Waals surface area contributed by atoms with Crippen molar-refractivity contribution in [2.24, 2.45) is 5.92 Å². The van der Waals surface area contributed by atoms with E-state index < -0.39 is 17.3 Å². The van der Waals surface area contributed by atoms with Gasteiger partial charge in [0.1, 0.15) is 23.0 Å². The van der Waals surface area contributed by atoms with Crippen LogP contribution in [0.4, 0.5) is 5.82 Å². The topological polar surface area (TPSA) is 111 Å². The van der Waals surface area contributed by atoms with Gasteiger partial charge in [0, 0.05) is 14.5 Å². The molecule has 2 aromatic rings. The smallest absolute Gasteiger partial charge is 0.408 e. The van der Waals surface area contributed by atoms with Crippen LogP contribution in [0.5, 0.6) is 0 Å². The quantitative estimate of drug-likeness (QED) is 0.710. The first-order valence-corrected chi connectivity index (χ1v) is 11.6. The van der Waals surface area contributed by atoms with Crippen LogP contribution in [0.3, 0.4) is 0 Å². The minimum Gasteiger partial charge on any atom is -0.408 e. The van der Waals surface area contributed by atoms with Crippen molar-refractivity contribution in [3.8, 4) is 6.07 Å². The number of hydrogen-bond donors (Lipinski definition) is 2. The number of fused-ring (bicyclic) bond motifs is 1. The predicted octanol–water partition coefficient (Wildman–Crippen LogP) is 3.29. The fourth-order valence-electron chi connectivity index (χ4n) is 4.87. The number of piperidine rings is 1. The number of nitriles is 1. The SMILES string of the molecule is CN1CCC(C#N)(NC(=O)[C@H](CC2CCCCC2)Nc2nc(=O)oc3ccccc23)CC1.[HH]. The Morgan fingerprint density at radius 3 is 2.75 bits per heavy atom. The van der Waals surface area contributed by atoms with Gasteiger partial charge in [0.2, 0.25) is 5.91 Å². The van der Waals surface area contributed by atoms with Crippen LogP contribution in [-0.4, -0.2) is 47.5 Å². The number of nitrogens with one attached hydrogen (secondary N) is 2. The lowest BCUT2D eigenvalue weighted by Crippen LogP contribution is -2.57. The highest BCUT2D eigenvalue weighted by molar-refractivity contribution is 5.91. The van der Waals surface area contributed by atoms with E-state index >= 15 is 0 Å². The number of rotatable bonds is 6. The van der Waals surface area contributed by atoms with Gasteiger partial charge in [-0.25, -0.2) is 4.79 Å². The van der Waals surface area contributed by atoms with E-state index in [4.69, 9.17) is 4.42 Å². The van der Waals surface area contributed by atoms with Crippen molar-refractivity contribution < 1.29 is 10.6 Å². The Morgan fingerprint density at radius 1 is 1.31 bits per heavy atom. The van der Waals surface area contributed by atoms with Gasteiger partial charge in [-0.2, -0.15) is 10.2 Å². The third-order valence-electron chi connectivity index (χ3n) is 6.88. The first-order valence-electron chi connectivity index (χ1n) is 11.6. The lowest BCUT2D eigenvalue weighted by molar-refractivity contribution is -0.124. The molecule has 1 saturated heterocycles. The number of carbonyl (C=O) groups is 1. The largest absolute Gasteiger partial charge is 0.441 e. The molecule has 1 aliphatic heterocycles. The number of nitrogens with zero attached hydrogens (tertiary/aromatic N) is 3. The molecule has 0 radical (unpaired) electrons. The summed E-state index contributed by atoms with van der Waals surface area (Å²) in [6, 6.07) is 8.94. The maximum absolute atomic E-state index is 13.5. The number of carbonyl (C=O) groups excluding carboxylic acids is 1. The first kappa shape index (κ1) is 22.3. The summed E-state index contributed by atoms with van der Waals surface area (Å²) in [5.74, 6) is -0.135. The maximum Gasteiger partial charge on any atom is 0.441 e. The molecule has 0 bridgehead atoms. The molecule has 8 nitrogen and oxygen atoms in total. The summed E-state index contributed by atoms with van der Waals surface area (Å²) >= 11 is 0. The molecule has 0 unspecified atom stereocenters. The van der Waals surface area contributed by atoms with Gasteiger partial charge in [0.25, 0.3) is 0 Å². The average molecular weight is 440 g/mol. The van der Waals surface area contributed by atoms with Gasteiger partial charge < -0.3 is 20.0 Å². The molecular formula is C24H33N5O3. The Balaban J connectivity index is 0.00000306. The minimum atomic E-state index is -0.860. The molecule has 32 heavy (non-hydrogen) atoms. The van der Waals surface area contributed by atoms with Crippen molar-refractivity contribution in [2.45, 2.75) is 62.9 Å². The molecule has 8 heteroatoms. The van der Waals surface area contributed by atoms with E-state index in [0.717, 1.165) is 25.9 Å². The van der Waals surface area contributed by atoms with Gasteiger partial charge in [0.05, 0.1) is 11.5 Å². The monoisotopic (exact) mass is 439 g/mol. The van der Waals surface area contributed by atoms with E-state index in [1.54, 1.807) is 12.1 Å². The van der Waals surface area contributed by atoms with Crippen LogP contribution in [0.2, 0.25) is 0 Å². The van der Waals surface area contributed by atoms with Crippen molar-refractivity contribution in [3.05, 3.63) is 34.8 Å². The number of benzene rings is 1. The highest BCUT2D eigenvalue weighted by Crippen LogP contribution is 2.30. The Bertz CT molecular complexity index is 1050. The molecule has 1 saturated carbocycles. The molecule has 1 aliphatic carbocycles. The van der Waals surface area contributed by atoms with Crippen LogP contribution in [0, 0.1) is 17.2 Å². The molecule has 1 amide bonds. The van der Waals surface area contributed by atoms with E-state index in [9.17, 15) is 14.9 Å². The molecule has 2 aliphatic rings. The summed E-state index contributed by atoms with van der Waals surface area (Å²) in [7, 11) is 2.02. The molecular weight excluding hydrogens is 406 g/mol. The van der Waals surface area contributed by atoms with Crippen LogP contribution in [-0.2, 0) is 4.79 Å². The Kier molecular flexibility index (Phi) is 6.75. The van der Waals surface area contributed by atoms with E-state index in [1.165, 1.54) is 19.3 Å². The molecule has 1 atom stereocenters. The lowest BCUT2D eigenvalue weighted by atomic mass is 9.84. The third-order valence-corrected chi connectivity index (χ3v) is 6.88. The van der Waals surface area contributed by atoms with Gasteiger partial charge in [-0.1, -0.05) is 44.2 Å². The van der Waals surface area contributed by atoms with Crippen LogP contribution >= 0.6 is 0 Å². The summed E-state index contributed by atoms with van der Waals surface area (Å²) in [6.45, 7) is 1.53. The van der Waals surface area contributed by atoms with E-state index in [1.807, 2.05) is 19.2 Å². The Morgan fingerprint density at radius 2 is 2.03 bits per heavy atom. The highest BCUT2D eigenvalue weighted by Gasteiger charge is 2.37. The van der Waals surface area contributed by atoms with Crippen LogP contribution < -0.4 is 16.4 Å². The third kappa shape index (κ3) is 5.10. The highest BCUT2D eigenvalue weighted by atomic mass is 16.4. The zero-order valence-corrected chi connectivity index (χ0v) is 18.6. The normalized spacial score (nSPS) is 20.4. The number of aromatic nitrogens is 1. The molecule has 172 valence electrons. The fraction of sp³-hybridized carbons (Fsp3) is 0.583. The van der Waals surface area contributed by atoms with Crippen LogP contribution in [0.25, 0.3) is 11.0 Å². The minimum absolute atomic E-state index is 0. The van der Waals surface area contributed by atoms with E-state index in [2.05, 4.69) is 26.6 Å². The molecule has 2 heterocycles. The van der Waals surface area contributed by atoms with E-state index in [0.29, 0.717) is 42.0 Å². The van der Waals surface area contributed by atoms with E-state index in [-0.39, 0.29) is 7.33 Å². The first-order chi connectivity index (χ1) is 15.5. The summed E-state index contributed by atoms with van der Waals surface area (Å²) in [5.41, 5.74) is -0.433. The van der Waals surface area contributed by atoms with Crippen molar-refractivity contribution in [3.63, 3.8) is 0 Å². The Labute approximate surface area is 189 Å². The molecule has 1 aromatic carbocycles. The predicted molar refractivity (Wildman–Crippen MR) is 124 cm³/mol. The van der Waals surface area contributed by atoms with Gasteiger partial charge in [0.15, 0.2) is 0 Å². The van der Waals surface area contributed by atoms with Crippen molar-refractivity contribution in [1.29, 1.82) is 5.26 Å². The fourth-order valence-corrected chi connectivity index (χ4v) is 4.87. The zero-order chi connectivity index (χ0) is 22.6. The molecule has 4 rings (SSSR count). The molecule has 2 N–H and O–H groups in total. The molecule has 2 fully saturated rings. The van der Waals surface area contributed by atoms with Crippen molar-refractivity contribution in [2.75, 3.05) is 25.5 Å². The Hall–Kier alpha value is -2.92. The number of amides is 1. The average Bonchev–Trinajstić information content (AvgIpc) is 2.81. The second-order valence-corrected chi connectivity index (χ2v) is 9.25. The lowest BCUT2D eigenvalue weighted by Gasteiger charge is -2.37. The zero-order valence-electron chi connectivity index (χ0n) is 18.6. The van der Waals surface area contributed by atoms with Gasteiger partial charge in [-0.05, 0) is 44.4 Å². The maximum atomic E-state index is 13.5. The van der Waals surface area contributed by atoms with Gasteiger partial charge >= 0.3 is 5.76 Å². The second kappa shape index (κ2) is 9.70. The molecule has 1 aromatic heterocycles. The molecule has 0 spiro atoms. The van der Waals surface area contributed by atoms with Crippen molar-refractivity contribution >= 4 is 22.7 Å². The van der Waals surface area contributed by atoms with Crippen LogP contribution in [0.15, 0.2) is 33.5 Å². The van der Waals surface area contributed by atoms with Gasteiger partial charge in [-0.3, -0.25) is 4.79 Å². The number of likely N-dealkylation sites (tertiary alicyclic amines) is 1. The summed E-state index contributed by atoms with van der Waals surface area (Å²) < 4.78 is 5.20. The van der Waals surface area contributed by atoms with Gasteiger partial charge in [-0.15, -0.1) is 0 Å². The van der Waals surface area contributed by atoms with Crippen LogP contribution in [0.1, 0.15) is 52.8 Å². The summed E-state index contributed by atoms with van der Waals surface area (Å²) in [4.78, 5) is 31.7. The standard InChI is InChI=1S/C24H31N5O3.H2/c1-29-13-11-24(16-25,12-14-29)28-22(30)19(15-17-7-3-2-4-8-17)26-21-18-9-5-6-10-20(18)32-23(31)27-21;/h5-6,9-10,17,19H,2-4,7-8,11-15H2,1H3,(H,28,30)(H,26,27,31);1H/t19-;/m0./s1. The van der Waals surface area contributed by atoms with Crippen molar-refractivity contribution in [1.82, 2.24) is 15.2 Å². The summed E-state index contributed by atoms with van der Waals surface area (Å²) in [5, 5.41) is 16.8. The number of hydrogen-bond acceptors (Lipinski definition) is 7.